The largest absolute Gasteiger partial charge is 0.496 e. The van der Waals surface area contributed by atoms with E-state index in [9.17, 15) is 8.78 Å². The molecule has 0 saturated heterocycles. The minimum Gasteiger partial charge on any atom is -0.496 e. The van der Waals surface area contributed by atoms with E-state index in [0.717, 1.165) is 11.6 Å². The average molecular weight is 313 g/mol. The van der Waals surface area contributed by atoms with Crippen molar-refractivity contribution in [2.24, 2.45) is 0 Å². The second-order valence-electron chi connectivity index (χ2n) is 3.77. The second-order valence-corrected chi connectivity index (χ2v) is 4.69. The maximum Gasteiger partial charge on any atom is 0.130 e. The van der Waals surface area contributed by atoms with E-state index in [1.54, 1.807) is 13.2 Å². The van der Waals surface area contributed by atoms with Crippen molar-refractivity contribution in [3.8, 4) is 5.75 Å². The van der Waals surface area contributed by atoms with Crippen LogP contribution in [0.15, 0.2) is 42.5 Å². The Kier molecular flexibility index (Phi) is 3.97. The van der Waals surface area contributed by atoms with E-state index in [-0.39, 0.29) is 4.83 Å². The van der Waals surface area contributed by atoms with Crippen molar-refractivity contribution in [3.63, 3.8) is 0 Å². The van der Waals surface area contributed by atoms with Gasteiger partial charge in [-0.3, -0.25) is 0 Å². The Labute approximate surface area is 113 Å². The van der Waals surface area contributed by atoms with Gasteiger partial charge in [0.2, 0.25) is 0 Å². The summed E-state index contributed by atoms with van der Waals surface area (Å²) in [6, 6.07) is 10.8. The van der Waals surface area contributed by atoms with Gasteiger partial charge < -0.3 is 4.74 Å². The standard InChI is InChI=1S/C14H11BrF2O/c1-18-13-5-3-2-4-11(13)14(15)10-7-6-9(16)8-12(10)17/h2-8,14H,1H3. The molecule has 0 bridgehead atoms. The molecule has 4 heteroatoms. The molecule has 1 nitrogen and oxygen atoms in total. The summed E-state index contributed by atoms with van der Waals surface area (Å²) < 4.78 is 31.8. The minimum atomic E-state index is -0.587. The van der Waals surface area contributed by atoms with Crippen molar-refractivity contribution in [1.82, 2.24) is 0 Å². The number of ether oxygens (including phenoxy) is 1. The second kappa shape index (κ2) is 5.48. The van der Waals surface area contributed by atoms with Crippen LogP contribution >= 0.6 is 15.9 Å². The van der Waals surface area contributed by atoms with E-state index in [1.807, 2.05) is 18.2 Å². The average Bonchev–Trinajstić information content (AvgIpc) is 2.38. The molecular formula is C14H11BrF2O. The predicted molar refractivity (Wildman–Crippen MR) is 70.1 cm³/mol. The van der Waals surface area contributed by atoms with Gasteiger partial charge in [0.15, 0.2) is 0 Å². The van der Waals surface area contributed by atoms with Gasteiger partial charge in [-0.05, 0) is 12.1 Å². The van der Waals surface area contributed by atoms with Crippen molar-refractivity contribution in [2.45, 2.75) is 4.83 Å². The van der Waals surface area contributed by atoms with Gasteiger partial charge in [0.05, 0.1) is 11.9 Å². The van der Waals surface area contributed by atoms with Crippen molar-refractivity contribution in [2.75, 3.05) is 7.11 Å². The number of hydrogen-bond acceptors (Lipinski definition) is 1. The van der Waals surface area contributed by atoms with E-state index in [4.69, 9.17) is 4.74 Å². The summed E-state index contributed by atoms with van der Waals surface area (Å²) in [7, 11) is 1.56. The molecule has 2 rings (SSSR count). The van der Waals surface area contributed by atoms with E-state index >= 15 is 0 Å². The summed E-state index contributed by atoms with van der Waals surface area (Å²) in [4.78, 5) is -0.380. The first-order valence-electron chi connectivity index (χ1n) is 5.35. The molecule has 94 valence electrons. The van der Waals surface area contributed by atoms with Crippen LogP contribution in [0, 0.1) is 11.6 Å². The third-order valence-corrected chi connectivity index (χ3v) is 3.63. The number of hydrogen-bond donors (Lipinski definition) is 0. The molecule has 1 unspecified atom stereocenters. The highest BCUT2D eigenvalue weighted by atomic mass is 79.9. The molecule has 0 heterocycles. The molecule has 1 atom stereocenters. The molecular weight excluding hydrogens is 302 g/mol. The molecule has 0 amide bonds. The van der Waals surface area contributed by atoms with Crippen LogP contribution < -0.4 is 4.74 Å². The summed E-state index contributed by atoms with van der Waals surface area (Å²) in [6.45, 7) is 0. The first kappa shape index (κ1) is 13.0. The van der Waals surface area contributed by atoms with Crippen molar-refractivity contribution < 1.29 is 13.5 Å². The summed E-state index contributed by atoms with van der Waals surface area (Å²) in [5.74, 6) is -0.512. The van der Waals surface area contributed by atoms with Crippen LogP contribution in [0.2, 0.25) is 0 Å². The lowest BCUT2D eigenvalue weighted by Crippen LogP contribution is -2.00. The minimum absolute atomic E-state index is 0.376. The number of para-hydroxylation sites is 1. The zero-order valence-corrected chi connectivity index (χ0v) is 11.2. The SMILES string of the molecule is COc1ccccc1C(Br)c1ccc(F)cc1F. The Morgan fingerprint density at radius 3 is 2.44 bits per heavy atom. The fraction of sp³-hybridized carbons (Fsp3) is 0.143. The van der Waals surface area contributed by atoms with Crippen molar-refractivity contribution in [1.29, 1.82) is 0 Å². The summed E-state index contributed by atoms with van der Waals surface area (Å²) in [6.07, 6.45) is 0. The van der Waals surface area contributed by atoms with Gasteiger partial charge in [0, 0.05) is 17.2 Å². The molecule has 0 aliphatic rings. The number of alkyl halides is 1. The van der Waals surface area contributed by atoms with Gasteiger partial charge in [-0.25, -0.2) is 8.78 Å². The number of methoxy groups -OCH3 is 1. The zero-order valence-electron chi connectivity index (χ0n) is 9.66. The fourth-order valence-electron chi connectivity index (χ4n) is 1.75. The summed E-state index contributed by atoms with van der Waals surface area (Å²) in [5.41, 5.74) is 1.17. The Balaban J connectivity index is 2.44. The highest BCUT2D eigenvalue weighted by Crippen LogP contribution is 2.37. The first-order chi connectivity index (χ1) is 8.63. The maximum atomic E-state index is 13.7. The summed E-state index contributed by atoms with van der Waals surface area (Å²) in [5, 5.41) is 0. The molecule has 0 fully saturated rings. The fourth-order valence-corrected chi connectivity index (χ4v) is 2.50. The molecule has 2 aromatic carbocycles. The van der Waals surface area contributed by atoms with Crippen LogP contribution in [0.4, 0.5) is 8.78 Å². The van der Waals surface area contributed by atoms with E-state index in [2.05, 4.69) is 15.9 Å². The number of benzene rings is 2. The first-order valence-corrected chi connectivity index (χ1v) is 6.27. The molecule has 18 heavy (non-hydrogen) atoms. The van der Waals surface area contributed by atoms with Gasteiger partial charge in [-0.2, -0.15) is 0 Å². The molecule has 0 aromatic heterocycles. The molecule has 2 aromatic rings. The van der Waals surface area contributed by atoms with E-state index in [0.29, 0.717) is 11.3 Å². The van der Waals surface area contributed by atoms with Gasteiger partial charge in [0.25, 0.3) is 0 Å². The highest BCUT2D eigenvalue weighted by Gasteiger charge is 2.18. The van der Waals surface area contributed by atoms with Crippen LogP contribution in [-0.2, 0) is 0 Å². The third-order valence-electron chi connectivity index (χ3n) is 2.65. The monoisotopic (exact) mass is 312 g/mol. The molecule has 0 saturated carbocycles. The molecule has 0 spiro atoms. The molecule has 0 radical (unpaired) electrons. The number of rotatable bonds is 3. The zero-order chi connectivity index (χ0) is 13.1. The number of halogens is 3. The van der Waals surface area contributed by atoms with Gasteiger partial charge in [-0.15, -0.1) is 0 Å². The Morgan fingerprint density at radius 2 is 1.78 bits per heavy atom. The van der Waals surface area contributed by atoms with E-state index < -0.39 is 11.6 Å². The quantitative estimate of drug-likeness (QED) is 0.760. The lowest BCUT2D eigenvalue weighted by Gasteiger charge is -2.15. The third kappa shape index (κ3) is 2.53. The van der Waals surface area contributed by atoms with Crippen molar-refractivity contribution in [3.05, 3.63) is 65.2 Å². The lowest BCUT2D eigenvalue weighted by molar-refractivity contribution is 0.410. The topological polar surface area (TPSA) is 9.23 Å². The van der Waals surface area contributed by atoms with Crippen LogP contribution in [0.1, 0.15) is 16.0 Å². The predicted octanol–water partition coefficient (Wildman–Crippen LogP) is 4.46. The van der Waals surface area contributed by atoms with Crippen LogP contribution in [-0.4, -0.2) is 7.11 Å². The van der Waals surface area contributed by atoms with Gasteiger partial charge >= 0.3 is 0 Å². The molecule has 0 N–H and O–H groups in total. The normalized spacial score (nSPS) is 12.2. The molecule has 0 aliphatic carbocycles. The highest BCUT2D eigenvalue weighted by molar-refractivity contribution is 9.09. The van der Waals surface area contributed by atoms with Crippen molar-refractivity contribution >= 4 is 15.9 Å². The summed E-state index contributed by atoms with van der Waals surface area (Å²) >= 11 is 3.42. The lowest BCUT2D eigenvalue weighted by atomic mass is 10.0. The van der Waals surface area contributed by atoms with Gasteiger partial charge in [-0.1, -0.05) is 40.2 Å². The van der Waals surface area contributed by atoms with Gasteiger partial charge in [0.1, 0.15) is 17.4 Å². The Hall–Kier alpha value is -1.42. The van der Waals surface area contributed by atoms with Crippen LogP contribution in [0.5, 0.6) is 5.75 Å². The molecule has 0 aliphatic heterocycles. The smallest absolute Gasteiger partial charge is 0.130 e. The Bertz CT molecular complexity index is 557. The van der Waals surface area contributed by atoms with Crippen LogP contribution in [0.25, 0.3) is 0 Å². The Morgan fingerprint density at radius 1 is 1.06 bits per heavy atom. The van der Waals surface area contributed by atoms with E-state index in [1.165, 1.54) is 12.1 Å². The maximum absolute atomic E-state index is 13.7. The van der Waals surface area contributed by atoms with Crippen LogP contribution in [0.3, 0.4) is 0 Å².